The number of nitrogens with zero attached hydrogens (tertiary/aromatic N) is 2. The first-order valence-electron chi connectivity index (χ1n) is 7.33. The summed E-state index contributed by atoms with van der Waals surface area (Å²) in [4.78, 5) is 17.5. The summed E-state index contributed by atoms with van der Waals surface area (Å²) in [5.41, 5.74) is 0.801. The predicted molar refractivity (Wildman–Crippen MR) is 90.4 cm³/mol. The average molecular weight is 323 g/mol. The van der Waals surface area contributed by atoms with Gasteiger partial charge in [0.2, 0.25) is 0 Å². The molecule has 112 valence electrons. The Balaban J connectivity index is 2.12. The van der Waals surface area contributed by atoms with Crippen LogP contribution in [0.1, 0.15) is 37.5 Å². The lowest BCUT2D eigenvalue weighted by molar-refractivity contribution is 0.346. The van der Waals surface area contributed by atoms with Gasteiger partial charge in [0, 0.05) is 11.3 Å². The van der Waals surface area contributed by atoms with Crippen molar-refractivity contribution < 1.29 is 0 Å². The second kappa shape index (κ2) is 6.41. The molecule has 1 aliphatic carbocycles. The fourth-order valence-electron chi connectivity index (χ4n) is 3.23. The summed E-state index contributed by atoms with van der Waals surface area (Å²) in [6.07, 6.45) is 6.63. The van der Waals surface area contributed by atoms with Gasteiger partial charge < -0.3 is 0 Å². The third-order valence-electron chi connectivity index (χ3n) is 4.30. The van der Waals surface area contributed by atoms with Gasteiger partial charge in [-0.25, -0.2) is 4.98 Å². The maximum Gasteiger partial charge on any atom is 0.261 e. The molecule has 3 rings (SSSR count). The lowest BCUT2D eigenvalue weighted by Gasteiger charge is -2.30. The van der Waals surface area contributed by atoms with Gasteiger partial charge in [0.05, 0.1) is 16.8 Å². The van der Waals surface area contributed by atoms with Gasteiger partial charge in [-0.1, -0.05) is 18.6 Å². The molecular weight excluding hydrogens is 304 g/mol. The van der Waals surface area contributed by atoms with Crippen molar-refractivity contribution in [3.05, 3.63) is 40.4 Å². The zero-order valence-electron chi connectivity index (χ0n) is 12.1. The summed E-state index contributed by atoms with van der Waals surface area (Å²) in [5, 5.41) is 1.32. The lowest BCUT2D eigenvalue weighted by Crippen LogP contribution is -2.32. The number of fused-ring (bicyclic) bond motifs is 1. The Morgan fingerprint density at radius 2 is 2.19 bits per heavy atom. The highest BCUT2D eigenvalue weighted by molar-refractivity contribution is 7.99. The van der Waals surface area contributed by atoms with Gasteiger partial charge in [0.25, 0.3) is 5.56 Å². The van der Waals surface area contributed by atoms with E-state index in [0.717, 1.165) is 24.8 Å². The van der Waals surface area contributed by atoms with Crippen LogP contribution < -0.4 is 5.56 Å². The topological polar surface area (TPSA) is 34.9 Å². The average Bonchev–Trinajstić information content (AvgIpc) is 2.54. The molecule has 1 fully saturated rings. The molecule has 5 heteroatoms. The van der Waals surface area contributed by atoms with E-state index in [2.05, 4.69) is 11.2 Å². The Bertz CT molecular complexity index is 700. The second-order valence-electron chi connectivity index (χ2n) is 5.53. The minimum atomic E-state index is 0.0583. The number of thioether (sulfide) groups is 1. The van der Waals surface area contributed by atoms with E-state index in [-0.39, 0.29) is 17.5 Å². The van der Waals surface area contributed by atoms with Crippen molar-refractivity contribution in [1.29, 1.82) is 0 Å². The molecule has 0 saturated heterocycles. The van der Waals surface area contributed by atoms with Gasteiger partial charge in [-0.2, -0.15) is 11.8 Å². The first-order valence-corrected chi connectivity index (χ1v) is 9.15. The minimum Gasteiger partial charge on any atom is -0.292 e. The molecule has 0 aliphatic heterocycles. The smallest absolute Gasteiger partial charge is 0.261 e. The molecule has 0 radical (unpaired) electrons. The number of rotatable bonds is 3. The van der Waals surface area contributed by atoms with E-state index >= 15 is 0 Å². The first-order chi connectivity index (χ1) is 10.2. The second-order valence-corrected chi connectivity index (χ2v) is 6.94. The SMILES string of the molecule is CSC1CCCC(n2c(CCl)nc3ccccc3c2=O)C1. The maximum absolute atomic E-state index is 12.9. The number of alkyl halides is 1. The molecule has 1 aliphatic rings. The van der Waals surface area contributed by atoms with Crippen LogP contribution in [0, 0.1) is 0 Å². The van der Waals surface area contributed by atoms with Crippen molar-refractivity contribution in [3.8, 4) is 0 Å². The van der Waals surface area contributed by atoms with Crippen molar-refractivity contribution in [2.24, 2.45) is 0 Å². The lowest BCUT2D eigenvalue weighted by atomic mass is 9.94. The molecule has 2 aromatic rings. The van der Waals surface area contributed by atoms with E-state index < -0.39 is 0 Å². The fraction of sp³-hybridized carbons (Fsp3) is 0.500. The zero-order chi connectivity index (χ0) is 14.8. The molecule has 3 nitrogen and oxygen atoms in total. The van der Waals surface area contributed by atoms with Gasteiger partial charge in [0.1, 0.15) is 5.82 Å². The van der Waals surface area contributed by atoms with Gasteiger partial charge in [-0.05, 0) is 37.7 Å². The number of para-hydroxylation sites is 1. The number of aromatic nitrogens is 2. The highest BCUT2D eigenvalue weighted by Gasteiger charge is 2.25. The normalized spacial score (nSPS) is 22.6. The van der Waals surface area contributed by atoms with Gasteiger partial charge in [-0.15, -0.1) is 11.6 Å². The van der Waals surface area contributed by atoms with Crippen molar-refractivity contribution in [1.82, 2.24) is 9.55 Å². The Morgan fingerprint density at radius 3 is 2.95 bits per heavy atom. The molecule has 2 atom stereocenters. The van der Waals surface area contributed by atoms with Crippen molar-refractivity contribution in [3.63, 3.8) is 0 Å². The molecule has 0 amide bonds. The third kappa shape index (κ3) is 2.84. The molecule has 1 saturated carbocycles. The van der Waals surface area contributed by atoms with Gasteiger partial charge in [-0.3, -0.25) is 9.36 Å². The molecule has 1 aromatic carbocycles. The molecule has 2 unspecified atom stereocenters. The minimum absolute atomic E-state index is 0.0583. The molecule has 0 bridgehead atoms. The third-order valence-corrected chi connectivity index (χ3v) is 5.63. The summed E-state index contributed by atoms with van der Waals surface area (Å²) < 4.78 is 1.86. The molecular formula is C16H19ClN2OS. The largest absolute Gasteiger partial charge is 0.292 e. The molecule has 0 N–H and O–H groups in total. The summed E-state index contributed by atoms with van der Waals surface area (Å²) in [6, 6.07) is 7.76. The highest BCUT2D eigenvalue weighted by Crippen LogP contribution is 2.34. The fourth-order valence-corrected chi connectivity index (χ4v) is 4.24. The van der Waals surface area contributed by atoms with E-state index in [1.807, 2.05) is 40.6 Å². The highest BCUT2D eigenvalue weighted by atomic mass is 35.5. The van der Waals surface area contributed by atoms with Crippen molar-refractivity contribution >= 4 is 34.3 Å². The van der Waals surface area contributed by atoms with Crippen LogP contribution in [-0.4, -0.2) is 21.1 Å². The van der Waals surface area contributed by atoms with Crippen LogP contribution in [0.2, 0.25) is 0 Å². The summed E-state index contributed by atoms with van der Waals surface area (Å²) in [5.74, 6) is 0.979. The predicted octanol–water partition coefficient (Wildman–Crippen LogP) is 3.98. The Labute approximate surface area is 133 Å². The van der Waals surface area contributed by atoms with E-state index in [4.69, 9.17) is 11.6 Å². The van der Waals surface area contributed by atoms with E-state index in [9.17, 15) is 4.79 Å². The number of hydrogen-bond donors (Lipinski definition) is 0. The van der Waals surface area contributed by atoms with Crippen LogP contribution in [0.3, 0.4) is 0 Å². The number of halogens is 1. The van der Waals surface area contributed by atoms with Crippen LogP contribution in [-0.2, 0) is 5.88 Å². The Kier molecular flexibility index (Phi) is 4.55. The standard InChI is InChI=1S/C16H19ClN2OS/c1-21-12-6-4-5-11(9-12)19-15(10-17)18-14-8-3-2-7-13(14)16(19)20/h2-3,7-8,11-12H,4-6,9-10H2,1H3. The van der Waals surface area contributed by atoms with Crippen LogP contribution in [0.25, 0.3) is 10.9 Å². The number of benzene rings is 1. The van der Waals surface area contributed by atoms with Crippen molar-refractivity contribution in [2.45, 2.75) is 42.9 Å². The summed E-state index contributed by atoms with van der Waals surface area (Å²) in [6.45, 7) is 0. The Morgan fingerprint density at radius 1 is 1.38 bits per heavy atom. The van der Waals surface area contributed by atoms with E-state index in [1.54, 1.807) is 0 Å². The van der Waals surface area contributed by atoms with Crippen molar-refractivity contribution in [2.75, 3.05) is 6.26 Å². The van der Waals surface area contributed by atoms with Gasteiger partial charge in [0.15, 0.2) is 0 Å². The van der Waals surface area contributed by atoms with E-state index in [0.29, 0.717) is 16.5 Å². The van der Waals surface area contributed by atoms with Crippen LogP contribution in [0.5, 0.6) is 0 Å². The Hall–Kier alpha value is -1.00. The van der Waals surface area contributed by atoms with Crippen LogP contribution >= 0.6 is 23.4 Å². The molecule has 0 spiro atoms. The maximum atomic E-state index is 12.9. The zero-order valence-corrected chi connectivity index (χ0v) is 13.7. The quantitative estimate of drug-likeness (QED) is 0.802. The van der Waals surface area contributed by atoms with E-state index in [1.165, 1.54) is 6.42 Å². The summed E-state index contributed by atoms with van der Waals surface area (Å²) >= 11 is 7.96. The van der Waals surface area contributed by atoms with Gasteiger partial charge >= 0.3 is 0 Å². The number of hydrogen-bond acceptors (Lipinski definition) is 3. The summed E-state index contributed by atoms with van der Waals surface area (Å²) in [7, 11) is 0. The first kappa shape index (κ1) is 14.9. The van der Waals surface area contributed by atoms with Crippen LogP contribution in [0.4, 0.5) is 0 Å². The monoisotopic (exact) mass is 322 g/mol. The molecule has 1 aromatic heterocycles. The molecule has 21 heavy (non-hydrogen) atoms. The van der Waals surface area contributed by atoms with Crippen LogP contribution in [0.15, 0.2) is 29.1 Å². The molecule has 1 heterocycles.